The summed E-state index contributed by atoms with van der Waals surface area (Å²) in [7, 11) is 1.59. The van der Waals surface area contributed by atoms with Crippen molar-refractivity contribution in [2.45, 2.75) is 31.8 Å². The van der Waals surface area contributed by atoms with Gasteiger partial charge in [0.2, 0.25) is 0 Å². The lowest BCUT2D eigenvalue weighted by Crippen LogP contribution is -2.50. The molecule has 0 aromatic heterocycles. The van der Waals surface area contributed by atoms with Crippen molar-refractivity contribution in [1.82, 2.24) is 10.2 Å². The molecule has 2 amide bonds. The fraction of sp³-hybridized carbons (Fsp3) is 0.364. The van der Waals surface area contributed by atoms with Crippen LogP contribution in [0, 0.1) is 5.82 Å². The van der Waals surface area contributed by atoms with E-state index in [0.717, 1.165) is 16.7 Å². The van der Waals surface area contributed by atoms with Crippen LogP contribution < -0.4 is 10.1 Å². The van der Waals surface area contributed by atoms with E-state index < -0.39 is 5.60 Å². The first-order chi connectivity index (χ1) is 13.9. The number of carbonyl (C=O) groups is 1. The lowest BCUT2D eigenvalue weighted by molar-refractivity contribution is 0.00483. The number of fused-ring (bicyclic) bond motifs is 1. The van der Waals surface area contributed by atoms with E-state index in [1.165, 1.54) is 12.1 Å². The van der Waals surface area contributed by atoms with Gasteiger partial charge in [-0.05, 0) is 49.6 Å². The normalized spacial score (nSPS) is 17.5. The molecule has 0 atom stereocenters. The monoisotopic (exact) mass is 397 g/mol. The number of ether oxygens (including phenoxy) is 1. The number of hydrogen-bond donors (Lipinski definition) is 2. The summed E-state index contributed by atoms with van der Waals surface area (Å²) in [5, 5.41) is 13.0. The highest BCUT2D eigenvalue weighted by Gasteiger charge is 2.31. The van der Waals surface area contributed by atoms with Crippen molar-refractivity contribution in [3.05, 3.63) is 47.8 Å². The Hall–Kier alpha value is -2.93. The molecule has 2 aliphatic heterocycles. The molecule has 0 saturated carbocycles. The molecule has 0 spiro atoms. The molecule has 29 heavy (non-hydrogen) atoms. The molecule has 0 bridgehead atoms. The van der Waals surface area contributed by atoms with Gasteiger partial charge in [0.05, 0.1) is 18.4 Å². The highest BCUT2D eigenvalue weighted by molar-refractivity contribution is 6.04. The second-order valence-corrected chi connectivity index (χ2v) is 7.80. The van der Waals surface area contributed by atoms with Crippen LogP contribution in [-0.4, -0.2) is 47.7 Å². The van der Waals surface area contributed by atoms with Gasteiger partial charge in [-0.15, -0.1) is 0 Å². The molecule has 6 nitrogen and oxygen atoms in total. The number of aliphatic imine (C=N–C) groups is 1. The SMILES string of the molecule is COc1ccc(-c2cccc(F)c2)c2c1CC(NC(=O)N1CCC(C)(O)CC1)=N2. The number of aliphatic hydroxyl groups is 1. The number of methoxy groups -OCH3 is 1. The number of hydrogen-bond acceptors (Lipinski definition) is 4. The van der Waals surface area contributed by atoms with Gasteiger partial charge in [0.15, 0.2) is 0 Å². The first kappa shape index (κ1) is 19.4. The van der Waals surface area contributed by atoms with Gasteiger partial charge in [-0.25, -0.2) is 14.2 Å². The molecular formula is C22H24FN3O3. The molecule has 0 aliphatic carbocycles. The summed E-state index contributed by atoms with van der Waals surface area (Å²) in [4.78, 5) is 19.0. The minimum absolute atomic E-state index is 0.224. The molecule has 2 aromatic rings. The van der Waals surface area contributed by atoms with E-state index in [1.807, 2.05) is 18.2 Å². The van der Waals surface area contributed by atoms with Gasteiger partial charge in [0.25, 0.3) is 0 Å². The zero-order chi connectivity index (χ0) is 20.6. The number of nitrogens with zero attached hydrogens (tertiary/aromatic N) is 2. The Morgan fingerprint density at radius 3 is 2.72 bits per heavy atom. The second kappa shape index (κ2) is 7.48. The number of rotatable bonds is 2. The minimum atomic E-state index is -0.717. The topological polar surface area (TPSA) is 74.2 Å². The van der Waals surface area contributed by atoms with E-state index in [0.29, 0.717) is 49.6 Å². The number of piperidine rings is 1. The third kappa shape index (κ3) is 3.96. The molecule has 0 radical (unpaired) electrons. The Bertz CT molecular complexity index is 977. The van der Waals surface area contributed by atoms with Crippen molar-refractivity contribution < 1.29 is 19.0 Å². The highest BCUT2D eigenvalue weighted by Crippen LogP contribution is 2.42. The van der Waals surface area contributed by atoms with Gasteiger partial charge >= 0.3 is 6.03 Å². The summed E-state index contributed by atoms with van der Waals surface area (Å²) < 4.78 is 19.2. The molecular weight excluding hydrogens is 373 g/mol. The third-order valence-electron chi connectivity index (χ3n) is 5.57. The van der Waals surface area contributed by atoms with Gasteiger partial charge in [-0.3, -0.25) is 5.32 Å². The first-order valence-corrected chi connectivity index (χ1v) is 9.68. The van der Waals surface area contributed by atoms with Crippen molar-refractivity contribution in [3.8, 4) is 16.9 Å². The van der Waals surface area contributed by atoms with Crippen molar-refractivity contribution in [1.29, 1.82) is 0 Å². The van der Waals surface area contributed by atoms with Crippen molar-refractivity contribution in [2.75, 3.05) is 20.2 Å². The zero-order valence-corrected chi connectivity index (χ0v) is 16.5. The lowest BCUT2D eigenvalue weighted by Gasteiger charge is -2.35. The van der Waals surface area contributed by atoms with Crippen LogP contribution in [0.15, 0.2) is 41.4 Å². The van der Waals surface area contributed by atoms with E-state index in [1.54, 1.807) is 25.0 Å². The number of amidine groups is 1. The number of urea groups is 1. The van der Waals surface area contributed by atoms with Gasteiger partial charge in [-0.2, -0.15) is 0 Å². The molecule has 1 saturated heterocycles. The van der Waals surface area contributed by atoms with Gasteiger partial charge in [0, 0.05) is 30.6 Å². The second-order valence-electron chi connectivity index (χ2n) is 7.80. The summed E-state index contributed by atoms with van der Waals surface area (Å²) in [6.45, 7) is 2.79. The largest absolute Gasteiger partial charge is 0.496 e. The fourth-order valence-corrected chi connectivity index (χ4v) is 3.80. The smallest absolute Gasteiger partial charge is 0.322 e. The summed E-state index contributed by atoms with van der Waals surface area (Å²) in [6, 6.07) is 9.83. The molecule has 0 unspecified atom stereocenters. The Morgan fingerprint density at radius 2 is 2.03 bits per heavy atom. The molecule has 2 aromatic carbocycles. The van der Waals surface area contributed by atoms with Crippen LogP contribution in [0.3, 0.4) is 0 Å². The van der Waals surface area contributed by atoms with E-state index in [2.05, 4.69) is 10.3 Å². The Balaban J connectivity index is 1.58. The van der Waals surface area contributed by atoms with E-state index in [4.69, 9.17) is 4.74 Å². The van der Waals surface area contributed by atoms with Crippen LogP contribution in [0.25, 0.3) is 11.1 Å². The van der Waals surface area contributed by atoms with Gasteiger partial charge in [-0.1, -0.05) is 12.1 Å². The fourth-order valence-electron chi connectivity index (χ4n) is 3.80. The van der Waals surface area contributed by atoms with Crippen LogP contribution in [0.5, 0.6) is 5.75 Å². The van der Waals surface area contributed by atoms with Crippen molar-refractivity contribution in [2.24, 2.45) is 4.99 Å². The highest BCUT2D eigenvalue weighted by atomic mass is 19.1. The van der Waals surface area contributed by atoms with Crippen molar-refractivity contribution >= 4 is 17.6 Å². The van der Waals surface area contributed by atoms with Crippen LogP contribution in [0.1, 0.15) is 25.3 Å². The third-order valence-corrected chi connectivity index (χ3v) is 5.57. The number of benzene rings is 2. The molecule has 4 rings (SSSR count). The Labute approximate surface area is 169 Å². The molecule has 7 heteroatoms. The number of amides is 2. The molecule has 2 heterocycles. The first-order valence-electron chi connectivity index (χ1n) is 9.68. The maximum absolute atomic E-state index is 13.7. The summed E-state index contributed by atoms with van der Waals surface area (Å²) in [5.74, 6) is 0.898. The molecule has 152 valence electrons. The summed E-state index contributed by atoms with van der Waals surface area (Å²) >= 11 is 0. The molecule has 2 N–H and O–H groups in total. The van der Waals surface area contributed by atoms with Crippen LogP contribution >= 0.6 is 0 Å². The molecule has 1 fully saturated rings. The van der Waals surface area contributed by atoms with Crippen molar-refractivity contribution in [3.63, 3.8) is 0 Å². The predicted octanol–water partition coefficient (Wildman–Crippen LogP) is 3.64. The predicted molar refractivity (Wildman–Crippen MR) is 109 cm³/mol. The Kier molecular flexibility index (Phi) is 5.00. The number of nitrogens with one attached hydrogen (secondary N) is 1. The number of carbonyl (C=O) groups excluding carboxylic acids is 1. The van der Waals surface area contributed by atoms with Gasteiger partial charge < -0.3 is 14.7 Å². The summed E-state index contributed by atoms with van der Waals surface area (Å²) in [6.07, 6.45) is 1.52. The molecule has 2 aliphatic rings. The van der Waals surface area contributed by atoms with E-state index in [-0.39, 0.29) is 11.8 Å². The average Bonchev–Trinajstić information content (AvgIpc) is 3.10. The number of halogens is 1. The summed E-state index contributed by atoms with van der Waals surface area (Å²) in [5.41, 5.74) is 2.35. The maximum atomic E-state index is 13.7. The van der Waals surface area contributed by atoms with Crippen LogP contribution in [-0.2, 0) is 6.42 Å². The van der Waals surface area contributed by atoms with E-state index >= 15 is 0 Å². The van der Waals surface area contributed by atoms with E-state index in [9.17, 15) is 14.3 Å². The van der Waals surface area contributed by atoms with Crippen LogP contribution in [0.4, 0.5) is 14.9 Å². The quantitative estimate of drug-likeness (QED) is 0.813. The zero-order valence-electron chi connectivity index (χ0n) is 16.5. The number of likely N-dealkylation sites (tertiary alicyclic amines) is 1. The standard InChI is InChI=1S/C22H24FN3O3/c1-22(28)8-10-26(11-9-22)21(27)25-19-13-17-18(29-2)7-6-16(20(17)24-19)14-4-3-5-15(23)12-14/h3-7,12,28H,8-11,13H2,1-2H3,(H,24,25,27). The maximum Gasteiger partial charge on any atom is 0.322 e. The lowest BCUT2D eigenvalue weighted by atomic mass is 9.94. The van der Waals surface area contributed by atoms with Gasteiger partial charge in [0.1, 0.15) is 17.4 Å². The minimum Gasteiger partial charge on any atom is -0.496 e. The average molecular weight is 397 g/mol. The Morgan fingerprint density at radius 1 is 1.28 bits per heavy atom. The van der Waals surface area contributed by atoms with Crippen LogP contribution in [0.2, 0.25) is 0 Å².